The van der Waals surface area contributed by atoms with Crippen LogP contribution >= 0.6 is 0 Å². The molecule has 24 heavy (non-hydrogen) atoms. The molecule has 0 amide bonds. The van der Waals surface area contributed by atoms with Crippen LogP contribution in [0, 0.1) is 0 Å². The van der Waals surface area contributed by atoms with Crippen LogP contribution in [0.3, 0.4) is 0 Å². The van der Waals surface area contributed by atoms with Crippen LogP contribution in [0.2, 0.25) is 0 Å². The van der Waals surface area contributed by atoms with Crippen molar-refractivity contribution in [3.05, 3.63) is 83.4 Å². The van der Waals surface area contributed by atoms with Crippen LogP contribution in [0.15, 0.2) is 61.2 Å². The normalized spacial score (nSPS) is 13.3. The molecular formula is C20H17N3O. The number of benzene rings is 2. The van der Waals surface area contributed by atoms with Gasteiger partial charge in [-0.15, -0.1) is 0 Å². The lowest BCUT2D eigenvalue weighted by atomic mass is 10.0. The van der Waals surface area contributed by atoms with Gasteiger partial charge in [-0.2, -0.15) is 5.10 Å². The number of aromatic nitrogens is 3. The van der Waals surface area contributed by atoms with E-state index in [-0.39, 0.29) is 5.78 Å². The number of rotatable bonds is 4. The predicted molar refractivity (Wildman–Crippen MR) is 93.2 cm³/mol. The number of aryl methyl sites for hydroxylation is 2. The van der Waals surface area contributed by atoms with Crippen LogP contribution < -0.4 is 0 Å². The third kappa shape index (κ3) is 2.91. The number of fused-ring (bicyclic) bond motifs is 1. The molecule has 118 valence electrons. The Kier molecular flexibility index (Phi) is 3.79. The molecule has 4 heteroatoms. The molecule has 1 aliphatic rings. The number of allylic oxidation sites excluding steroid dienone is 1. The summed E-state index contributed by atoms with van der Waals surface area (Å²) in [6.45, 7) is 0. The van der Waals surface area contributed by atoms with Gasteiger partial charge in [-0.3, -0.25) is 4.79 Å². The standard InChI is InChI=1S/C20H17N3O/c24-20(18-8-7-16-2-1-3-17(16)12-18)11-6-15-4-9-19(10-5-15)23-14-21-13-22-23/h4-14H,1-3H2/b11-6+. The Morgan fingerprint density at radius 3 is 2.67 bits per heavy atom. The maximum absolute atomic E-state index is 12.4. The van der Waals surface area contributed by atoms with E-state index in [1.807, 2.05) is 42.5 Å². The topological polar surface area (TPSA) is 47.8 Å². The van der Waals surface area contributed by atoms with E-state index in [0.717, 1.165) is 29.7 Å². The Labute approximate surface area is 140 Å². The molecule has 0 fully saturated rings. The van der Waals surface area contributed by atoms with Gasteiger partial charge in [0.25, 0.3) is 0 Å². The van der Waals surface area contributed by atoms with Crippen molar-refractivity contribution in [1.82, 2.24) is 14.8 Å². The van der Waals surface area contributed by atoms with Crippen LogP contribution in [-0.4, -0.2) is 20.5 Å². The van der Waals surface area contributed by atoms with Crippen molar-refractivity contribution in [2.24, 2.45) is 0 Å². The van der Waals surface area contributed by atoms with Crippen molar-refractivity contribution in [1.29, 1.82) is 0 Å². The quantitative estimate of drug-likeness (QED) is 0.545. The predicted octanol–water partition coefficient (Wildman–Crippen LogP) is 3.65. The lowest BCUT2D eigenvalue weighted by Gasteiger charge is -2.02. The number of hydrogen-bond acceptors (Lipinski definition) is 3. The average molecular weight is 315 g/mol. The second-order valence-corrected chi connectivity index (χ2v) is 5.97. The van der Waals surface area contributed by atoms with Gasteiger partial charge < -0.3 is 0 Å². The average Bonchev–Trinajstić information content (AvgIpc) is 3.30. The largest absolute Gasteiger partial charge is 0.289 e. The lowest BCUT2D eigenvalue weighted by Crippen LogP contribution is -1.96. The molecule has 1 heterocycles. The molecule has 1 aliphatic carbocycles. The lowest BCUT2D eigenvalue weighted by molar-refractivity contribution is 0.104. The Bertz CT molecular complexity index is 893. The Hall–Kier alpha value is -3.01. The zero-order chi connectivity index (χ0) is 16.4. The molecule has 0 unspecified atom stereocenters. The van der Waals surface area contributed by atoms with Gasteiger partial charge in [-0.1, -0.05) is 30.3 Å². The highest BCUT2D eigenvalue weighted by Gasteiger charge is 2.12. The Morgan fingerprint density at radius 1 is 1.04 bits per heavy atom. The first-order valence-electron chi connectivity index (χ1n) is 8.09. The van der Waals surface area contributed by atoms with Crippen LogP contribution in [0.4, 0.5) is 0 Å². The van der Waals surface area contributed by atoms with Crippen molar-refractivity contribution in [2.45, 2.75) is 19.3 Å². The van der Waals surface area contributed by atoms with Crippen molar-refractivity contribution in [3.63, 3.8) is 0 Å². The molecule has 0 atom stereocenters. The van der Waals surface area contributed by atoms with Crippen molar-refractivity contribution in [2.75, 3.05) is 0 Å². The minimum atomic E-state index is 0.0463. The fraction of sp³-hybridized carbons (Fsp3) is 0.150. The molecule has 0 saturated carbocycles. The zero-order valence-electron chi connectivity index (χ0n) is 13.2. The fourth-order valence-corrected chi connectivity index (χ4v) is 3.07. The van der Waals surface area contributed by atoms with E-state index in [4.69, 9.17) is 0 Å². The molecule has 1 aromatic heterocycles. The molecule has 0 N–H and O–H groups in total. The SMILES string of the molecule is O=C(/C=C/c1ccc(-n2cncn2)cc1)c1ccc2c(c1)CCC2. The highest BCUT2D eigenvalue weighted by molar-refractivity contribution is 6.07. The third-order valence-electron chi connectivity index (χ3n) is 4.39. The number of carbonyl (C=O) groups excluding carboxylic acids is 1. The second kappa shape index (κ2) is 6.24. The van der Waals surface area contributed by atoms with Gasteiger partial charge in [-0.25, -0.2) is 9.67 Å². The van der Waals surface area contributed by atoms with E-state index in [9.17, 15) is 4.79 Å². The van der Waals surface area contributed by atoms with Crippen molar-refractivity contribution >= 4 is 11.9 Å². The van der Waals surface area contributed by atoms with Crippen LogP contribution in [0.1, 0.15) is 33.5 Å². The van der Waals surface area contributed by atoms with E-state index < -0.39 is 0 Å². The van der Waals surface area contributed by atoms with E-state index >= 15 is 0 Å². The molecule has 4 nitrogen and oxygen atoms in total. The third-order valence-corrected chi connectivity index (χ3v) is 4.39. The summed E-state index contributed by atoms with van der Waals surface area (Å²) < 4.78 is 1.70. The van der Waals surface area contributed by atoms with Gasteiger partial charge in [0.15, 0.2) is 5.78 Å². The minimum Gasteiger partial charge on any atom is -0.289 e. The zero-order valence-corrected chi connectivity index (χ0v) is 13.2. The fourth-order valence-electron chi connectivity index (χ4n) is 3.07. The van der Waals surface area contributed by atoms with Crippen LogP contribution in [-0.2, 0) is 12.8 Å². The number of carbonyl (C=O) groups is 1. The number of hydrogen-bond donors (Lipinski definition) is 0. The van der Waals surface area contributed by atoms with Gasteiger partial charge in [-0.05, 0) is 60.2 Å². The summed E-state index contributed by atoms with van der Waals surface area (Å²) in [6, 6.07) is 13.9. The summed E-state index contributed by atoms with van der Waals surface area (Å²) in [4.78, 5) is 16.3. The van der Waals surface area contributed by atoms with E-state index in [1.165, 1.54) is 23.9 Å². The minimum absolute atomic E-state index is 0.0463. The van der Waals surface area contributed by atoms with E-state index in [2.05, 4.69) is 16.1 Å². The Morgan fingerprint density at radius 2 is 1.88 bits per heavy atom. The van der Waals surface area contributed by atoms with Gasteiger partial charge in [0.2, 0.25) is 0 Å². The first kappa shape index (κ1) is 14.6. The summed E-state index contributed by atoms with van der Waals surface area (Å²) in [7, 11) is 0. The van der Waals surface area contributed by atoms with E-state index in [0.29, 0.717) is 0 Å². The van der Waals surface area contributed by atoms with Gasteiger partial charge in [0.1, 0.15) is 12.7 Å². The number of nitrogens with zero attached hydrogens (tertiary/aromatic N) is 3. The summed E-state index contributed by atoms with van der Waals surface area (Å²) in [5.41, 5.74) is 5.40. The molecule has 2 aromatic carbocycles. The molecular weight excluding hydrogens is 298 g/mol. The summed E-state index contributed by atoms with van der Waals surface area (Å²) in [5.74, 6) is 0.0463. The molecule has 0 bridgehead atoms. The first-order valence-corrected chi connectivity index (χ1v) is 8.09. The van der Waals surface area contributed by atoms with Gasteiger partial charge in [0.05, 0.1) is 5.69 Å². The monoisotopic (exact) mass is 315 g/mol. The maximum atomic E-state index is 12.4. The van der Waals surface area contributed by atoms with Crippen molar-refractivity contribution in [3.8, 4) is 5.69 Å². The van der Waals surface area contributed by atoms with Crippen LogP contribution in [0.25, 0.3) is 11.8 Å². The Balaban J connectivity index is 1.49. The highest BCUT2D eigenvalue weighted by Crippen LogP contribution is 2.23. The maximum Gasteiger partial charge on any atom is 0.185 e. The second-order valence-electron chi connectivity index (χ2n) is 5.97. The molecule has 0 radical (unpaired) electrons. The first-order chi connectivity index (χ1) is 11.8. The van der Waals surface area contributed by atoms with Gasteiger partial charge in [0, 0.05) is 5.56 Å². The van der Waals surface area contributed by atoms with Gasteiger partial charge >= 0.3 is 0 Å². The highest BCUT2D eigenvalue weighted by atomic mass is 16.1. The van der Waals surface area contributed by atoms with Crippen LogP contribution in [0.5, 0.6) is 0 Å². The summed E-state index contributed by atoms with van der Waals surface area (Å²) in [6.07, 6.45) is 10.1. The molecule has 0 aliphatic heterocycles. The summed E-state index contributed by atoms with van der Waals surface area (Å²) in [5, 5.41) is 4.09. The smallest absolute Gasteiger partial charge is 0.185 e. The molecule has 0 spiro atoms. The number of ketones is 1. The van der Waals surface area contributed by atoms with Crippen molar-refractivity contribution < 1.29 is 4.79 Å². The van der Waals surface area contributed by atoms with E-state index in [1.54, 1.807) is 17.1 Å². The summed E-state index contributed by atoms with van der Waals surface area (Å²) >= 11 is 0. The molecule has 4 rings (SSSR count). The molecule has 0 saturated heterocycles. The molecule has 3 aromatic rings.